The van der Waals surface area contributed by atoms with Crippen molar-refractivity contribution < 1.29 is 9.13 Å². The molecule has 2 rings (SSSR count). The number of nitrogens with two attached hydrogens (primary N) is 2. The number of rotatable bonds is 1. The second-order valence-electron chi connectivity index (χ2n) is 3.20. The van der Waals surface area contributed by atoms with Crippen molar-refractivity contribution in [2.75, 3.05) is 42.7 Å². The maximum absolute atomic E-state index is 13.6. The second-order valence-corrected chi connectivity index (χ2v) is 3.20. The van der Waals surface area contributed by atoms with Crippen LogP contribution in [0.15, 0.2) is 0 Å². The molecule has 1 aliphatic rings. The normalized spacial score (nSPS) is 16.7. The van der Waals surface area contributed by atoms with Gasteiger partial charge in [0.2, 0.25) is 11.8 Å². The molecule has 0 bridgehead atoms. The lowest BCUT2D eigenvalue weighted by molar-refractivity contribution is 0.122. The number of aromatic nitrogens is 2. The van der Waals surface area contributed by atoms with Crippen LogP contribution >= 0.6 is 0 Å². The van der Waals surface area contributed by atoms with Crippen LogP contribution in [0, 0.1) is 5.82 Å². The largest absolute Gasteiger partial charge is 0.381 e. The molecule has 0 amide bonds. The molecule has 1 saturated heterocycles. The van der Waals surface area contributed by atoms with E-state index < -0.39 is 5.82 Å². The summed E-state index contributed by atoms with van der Waals surface area (Å²) in [5.41, 5.74) is 10.8. The average molecular weight is 213 g/mol. The van der Waals surface area contributed by atoms with E-state index in [1.807, 2.05) is 0 Å². The number of hydrogen-bond acceptors (Lipinski definition) is 6. The van der Waals surface area contributed by atoms with Gasteiger partial charge in [0.1, 0.15) is 0 Å². The van der Waals surface area contributed by atoms with E-state index in [1.165, 1.54) is 0 Å². The third kappa shape index (κ3) is 1.91. The van der Waals surface area contributed by atoms with Crippen LogP contribution in [0.2, 0.25) is 0 Å². The molecule has 0 aromatic carbocycles. The molecule has 7 heteroatoms. The quantitative estimate of drug-likeness (QED) is 0.660. The van der Waals surface area contributed by atoms with Crippen LogP contribution in [0.3, 0.4) is 0 Å². The van der Waals surface area contributed by atoms with Crippen molar-refractivity contribution in [2.24, 2.45) is 0 Å². The van der Waals surface area contributed by atoms with Crippen LogP contribution in [0.1, 0.15) is 0 Å². The van der Waals surface area contributed by atoms with Gasteiger partial charge in [-0.25, -0.2) is 0 Å². The predicted octanol–water partition coefficient (Wildman–Crippen LogP) is -0.383. The number of anilines is 3. The predicted molar refractivity (Wildman–Crippen MR) is 53.8 cm³/mol. The summed E-state index contributed by atoms with van der Waals surface area (Å²) in [6.45, 7) is 2.24. The van der Waals surface area contributed by atoms with Gasteiger partial charge in [-0.2, -0.15) is 14.4 Å². The van der Waals surface area contributed by atoms with Crippen LogP contribution in [0.4, 0.5) is 22.0 Å². The summed E-state index contributed by atoms with van der Waals surface area (Å²) in [5.74, 6) is -0.700. The first-order valence-corrected chi connectivity index (χ1v) is 4.59. The van der Waals surface area contributed by atoms with E-state index >= 15 is 0 Å². The molecule has 0 atom stereocenters. The molecule has 15 heavy (non-hydrogen) atoms. The number of morpholine rings is 1. The van der Waals surface area contributed by atoms with Crippen molar-refractivity contribution in [1.29, 1.82) is 0 Å². The standard InChI is InChI=1S/C8H12FN5O/c9-5-6(10)12-8(11)13-7(5)14-1-3-15-4-2-14/h1-4H2,(H4,10,11,12,13). The van der Waals surface area contributed by atoms with Gasteiger partial charge in [-0.3, -0.25) is 0 Å². The second kappa shape index (κ2) is 3.85. The molecule has 0 unspecified atom stereocenters. The van der Waals surface area contributed by atoms with Gasteiger partial charge in [0, 0.05) is 13.1 Å². The molecule has 82 valence electrons. The molecular weight excluding hydrogens is 201 g/mol. The zero-order chi connectivity index (χ0) is 10.8. The minimum atomic E-state index is -0.619. The summed E-state index contributed by atoms with van der Waals surface area (Å²) in [7, 11) is 0. The lowest BCUT2D eigenvalue weighted by atomic mass is 10.4. The minimum Gasteiger partial charge on any atom is -0.381 e. The fraction of sp³-hybridized carbons (Fsp3) is 0.500. The van der Waals surface area contributed by atoms with Gasteiger partial charge in [-0.05, 0) is 0 Å². The fourth-order valence-corrected chi connectivity index (χ4v) is 1.45. The van der Waals surface area contributed by atoms with E-state index in [-0.39, 0.29) is 17.6 Å². The number of hydrogen-bond donors (Lipinski definition) is 2. The van der Waals surface area contributed by atoms with Crippen molar-refractivity contribution in [3.63, 3.8) is 0 Å². The minimum absolute atomic E-state index is 0.0182. The highest BCUT2D eigenvalue weighted by molar-refractivity contribution is 5.52. The Hall–Kier alpha value is -1.63. The molecule has 1 aromatic heterocycles. The highest BCUT2D eigenvalue weighted by Gasteiger charge is 2.19. The summed E-state index contributed by atoms with van der Waals surface area (Å²) >= 11 is 0. The molecule has 0 aliphatic carbocycles. The SMILES string of the molecule is Nc1nc(N)c(F)c(N2CCOCC2)n1. The van der Waals surface area contributed by atoms with Crippen molar-refractivity contribution >= 4 is 17.6 Å². The maximum atomic E-state index is 13.6. The topological polar surface area (TPSA) is 90.3 Å². The zero-order valence-electron chi connectivity index (χ0n) is 8.11. The Kier molecular flexibility index (Phi) is 2.55. The van der Waals surface area contributed by atoms with Crippen LogP contribution < -0.4 is 16.4 Å². The average Bonchev–Trinajstić information content (AvgIpc) is 2.24. The Morgan fingerprint density at radius 2 is 1.87 bits per heavy atom. The van der Waals surface area contributed by atoms with Crippen LogP contribution in [-0.4, -0.2) is 36.3 Å². The van der Waals surface area contributed by atoms with Crippen molar-refractivity contribution in [1.82, 2.24) is 9.97 Å². The fourth-order valence-electron chi connectivity index (χ4n) is 1.45. The number of ether oxygens (including phenoxy) is 1. The zero-order valence-corrected chi connectivity index (χ0v) is 8.11. The molecule has 0 radical (unpaired) electrons. The van der Waals surface area contributed by atoms with Gasteiger partial charge in [0.15, 0.2) is 11.6 Å². The van der Waals surface area contributed by atoms with Crippen molar-refractivity contribution in [3.8, 4) is 0 Å². The van der Waals surface area contributed by atoms with Gasteiger partial charge in [0.05, 0.1) is 13.2 Å². The first-order valence-electron chi connectivity index (χ1n) is 4.59. The summed E-state index contributed by atoms with van der Waals surface area (Å²) in [6.07, 6.45) is 0. The molecule has 2 heterocycles. The Balaban J connectivity index is 2.33. The lowest BCUT2D eigenvalue weighted by Gasteiger charge is -2.28. The van der Waals surface area contributed by atoms with Gasteiger partial charge < -0.3 is 21.1 Å². The molecule has 1 aliphatic heterocycles. The summed E-state index contributed by atoms with van der Waals surface area (Å²) < 4.78 is 18.7. The third-order valence-electron chi connectivity index (χ3n) is 2.19. The summed E-state index contributed by atoms with van der Waals surface area (Å²) in [6, 6.07) is 0. The van der Waals surface area contributed by atoms with Gasteiger partial charge in [-0.15, -0.1) is 0 Å². The van der Waals surface area contributed by atoms with Gasteiger partial charge in [-0.1, -0.05) is 0 Å². The Morgan fingerprint density at radius 1 is 1.20 bits per heavy atom. The monoisotopic (exact) mass is 213 g/mol. The van der Waals surface area contributed by atoms with Crippen molar-refractivity contribution in [2.45, 2.75) is 0 Å². The van der Waals surface area contributed by atoms with Crippen LogP contribution in [-0.2, 0) is 4.74 Å². The lowest BCUT2D eigenvalue weighted by Crippen LogP contribution is -2.37. The Bertz CT molecular complexity index is 366. The van der Waals surface area contributed by atoms with Gasteiger partial charge >= 0.3 is 0 Å². The summed E-state index contributed by atoms with van der Waals surface area (Å²) in [4.78, 5) is 9.12. The molecule has 0 spiro atoms. The number of nitrogen functional groups attached to an aromatic ring is 2. The molecule has 1 fully saturated rings. The van der Waals surface area contributed by atoms with E-state index in [4.69, 9.17) is 16.2 Å². The van der Waals surface area contributed by atoms with Gasteiger partial charge in [0.25, 0.3) is 0 Å². The van der Waals surface area contributed by atoms with E-state index in [2.05, 4.69) is 9.97 Å². The van der Waals surface area contributed by atoms with E-state index in [9.17, 15) is 4.39 Å². The van der Waals surface area contributed by atoms with Crippen LogP contribution in [0.5, 0.6) is 0 Å². The molecular formula is C8H12FN5O. The number of halogens is 1. The molecule has 6 nitrogen and oxygen atoms in total. The third-order valence-corrected chi connectivity index (χ3v) is 2.19. The first kappa shape index (κ1) is 9.91. The molecule has 0 saturated carbocycles. The smallest absolute Gasteiger partial charge is 0.224 e. The maximum Gasteiger partial charge on any atom is 0.224 e. The first-order chi connectivity index (χ1) is 7.18. The highest BCUT2D eigenvalue weighted by atomic mass is 19.1. The van der Waals surface area contributed by atoms with E-state index in [0.29, 0.717) is 26.3 Å². The number of nitrogens with zero attached hydrogens (tertiary/aromatic N) is 3. The van der Waals surface area contributed by atoms with Crippen molar-refractivity contribution in [3.05, 3.63) is 5.82 Å². The van der Waals surface area contributed by atoms with E-state index in [0.717, 1.165) is 0 Å². The Labute approximate surface area is 86.0 Å². The molecule has 4 N–H and O–H groups in total. The molecule has 1 aromatic rings. The summed E-state index contributed by atoms with van der Waals surface area (Å²) in [5, 5.41) is 0. The van der Waals surface area contributed by atoms with Crippen LogP contribution in [0.25, 0.3) is 0 Å². The Morgan fingerprint density at radius 3 is 2.53 bits per heavy atom. The van der Waals surface area contributed by atoms with E-state index in [1.54, 1.807) is 4.90 Å². The highest BCUT2D eigenvalue weighted by Crippen LogP contribution is 2.21.